The second kappa shape index (κ2) is 9.16. The number of rotatable bonds is 7. The van der Waals surface area contributed by atoms with Gasteiger partial charge in [0.2, 0.25) is 10.0 Å². The molecule has 0 bridgehead atoms. The van der Waals surface area contributed by atoms with Crippen LogP contribution in [0.15, 0.2) is 59.8 Å². The summed E-state index contributed by atoms with van der Waals surface area (Å²) in [4.78, 5) is 17.3. The van der Waals surface area contributed by atoms with E-state index >= 15 is 0 Å². The number of aromatic nitrogens is 1. The minimum absolute atomic E-state index is 0.0172. The Morgan fingerprint density at radius 2 is 1.79 bits per heavy atom. The van der Waals surface area contributed by atoms with E-state index in [9.17, 15) is 13.2 Å². The van der Waals surface area contributed by atoms with E-state index in [0.29, 0.717) is 16.3 Å². The third-order valence-electron chi connectivity index (χ3n) is 6.90. The lowest BCUT2D eigenvalue weighted by molar-refractivity contribution is -0.119. The van der Waals surface area contributed by atoms with E-state index in [2.05, 4.69) is 9.71 Å². The van der Waals surface area contributed by atoms with Crippen LogP contribution in [0, 0.1) is 5.92 Å². The van der Waals surface area contributed by atoms with E-state index < -0.39 is 10.0 Å². The summed E-state index contributed by atoms with van der Waals surface area (Å²) in [6, 6.07) is 12.9. The average molecular weight is 483 g/mol. The molecule has 0 radical (unpaired) electrons. The van der Waals surface area contributed by atoms with Crippen LogP contribution in [0.4, 0.5) is 0 Å². The van der Waals surface area contributed by atoms with Gasteiger partial charge in [-0.05, 0) is 54.5 Å². The maximum absolute atomic E-state index is 12.9. The van der Waals surface area contributed by atoms with Gasteiger partial charge in [0.1, 0.15) is 5.78 Å². The van der Waals surface area contributed by atoms with Gasteiger partial charge in [0.05, 0.1) is 9.92 Å². The first-order valence-corrected chi connectivity index (χ1v) is 13.4. The number of sulfonamides is 1. The molecule has 2 aliphatic carbocycles. The Hall–Kier alpha value is -2.28. The maximum Gasteiger partial charge on any atom is 0.240 e. The molecule has 0 saturated heterocycles. The Balaban J connectivity index is 1.22. The highest BCUT2D eigenvalue weighted by Gasteiger charge is 2.43. The summed E-state index contributed by atoms with van der Waals surface area (Å²) in [7, 11) is -3.51. The molecule has 1 aromatic heterocycles. The van der Waals surface area contributed by atoms with Crippen molar-refractivity contribution in [3.63, 3.8) is 0 Å². The number of Topliss-reactive ketones (excluding diaryl/α,β-unsaturated/α-hetero) is 1. The SMILES string of the molecule is O=C(Cc1ccc2cncc(Cl)c2c1)[C@@H]1C[C@H]1c1ccc(S(=O)(=O)NC2CCCCC2)cc1. The summed E-state index contributed by atoms with van der Waals surface area (Å²) in [5.74, 6) is 0.352. The zero-order valence-corrected chi connectivity index (χ0v) is 19.9. The van der Waals surface area contributed by atoms with Crippen LogP contribution in [0.2, 0.25) is 5.02 Å². The van der Waals surface area contributed by atoms with Gasteiger partial charge < -0.3 is 0 Å². The highest BCUT2D eigenvalue weighted by Crippen LogP contribution is 2.48. The number of halogens is 1. The summed E-state index contributed by atoms with van der Waals surface area (Å²) < 4.78 is 28.3. The van der Waals surface area contributed by atoms with Gasteiger partial charge in [-0.15, -0.1) is 0 Å². The Morgan fingerprint density at radius 1 is 1.03 bits per heavy atom. The van der Waals surface area contributed by atoms with E-state index in [1.807, 2.05) is 30.3 Å². The molecular weight excluding hydrogens is 456 g/mol. The monoisotopic (exact) mass is 482 g/mol. The van der Waals surface area contributed by atoms with Gasteiger partial charge in [-0.2, -0.15) is 0 Å². The lowest BCUT2D eigenvalue weighted by atomic mass is 9.96. The van der Waals surface area contributed by atoms with Crippen LogP contribution in [0.25, 0.3) is 10.8 Å². The van der Waals surface area contributed by atoms with Crippen LogP contribution in [-0.2, 0) is 21.2 Å². The number of fused-ring (bicyclic) bond motifs is 1. The normalized spacial score (nSPS) is 21.2. The van der Waals surface area contributed by atoms with Crippen molar-refractivity contribution in [2.24, 2.45) is 5.92 Å². The first-order valence-electron chi connectivity index (χ1n) is 11.6. The molecular formula is C26H27ClN2O3S. The lowest BCUT2D eigenvalue weighted by Gasteiger charge is -2.22. The van der Waals surface area contributed by atoms with Crippen LogP contribution in [0.1, 0.15) is 55.6 Å². The number of carbonyl (C=O) groups excluding carboxylic acids is 1. The minimum atomic E-state index is -3.51. The number of nitrogens with zero attached hydrogens (tertiary/aromatic N) is 1. The zero-order valence-electron chi connectivity index (χ0n) is 18.3. The molecule has 0 spiro atoms. The molecule has 0 amide bonds. The van der Waals surface area contributed by atoms with Gasteiger partial charge in [-0.1, -0.05) is 55.1 Å². The van der Waals surface area contributed by atoms with Crippen LogP contribution in [0.5, 0.6) is 0 Å². The topological polar surface area (TPSA) is 76.1 Å². The molecule has 33 heavy (non-hydrogen) atoms. The fourth-order valence-electron chi connectivity index (χ4n) is 4.94. The van der Waals surface area contributed by atoms with Crippen molar-refractivity contribution in [2.75, 3.05) is 0 Å². The molecule has 2 aromatic carbocycles. The Kier molecular flexibility index (Phi) is 6.25. The molecule has 3 aromatic rings. The number of carbonyl (C=O) groups is 1. The summed E-state index contributed by atoms with van der Waals surface area (Å²) in [5, 5.41) is 2.44. The Morgan fingerprint density at radius 3 is 2.55 bits per heavy atom. The van der Waals surface area contributed by atoms with Crippen molar-refractivity contribution in [3.8, 4) is 0 Å². The van der Waals surface area contributed by atoms with Gasteiger partial charge in [0.25, 0.3) is 0 Å². The van der Waals surface area contributed by atoms with Crippen LogP contribution >= 0.6 is 11.6 Å². The molecule has 7 heteroatoms. The molecule has 5 nitrogen and oxygen atoms in total. The summed E-state index contributed by atoms with van der Waals surface area (Å²) in [6.45, 7) is 0. The molecule has 1 heterocycles. The molecule has 2 fully saturated rings. The number of hydrogen-bond donors (Lipinski definition) is 1. The lowest BCUT2D eigenvalue weighted by Crippen LogP contribution is -2.36. The number of ketones is 1. The minimum Gasteiger partial charge on any atom is -0.299 e. The smallest absolute Gasteiger partial charge is 0.240 e. The summed E-state index contributed by atoms with van der Waals surface area (Å²) in [6.07, 6.45) is 9.70. The van der Waals surface area contributed by atoms with E-state index in [1.165, 1.54) is 6.42 Å². The van der Waals surface area contributed by atoms with E-state index in [4.69, 9.17) is 11.6 Å². The summed E-state index contributed by atoms with van der Waals surface area (Å²) >= 11 is 6.25. The second-order valence-corrected chi connectivity index (χ2v) is 11.4. The van der Waals surface area contributed by atoms with Crippen molar-refractivity contribution in [2.45, 2.75) is 61.8 Å². The number of nitrogens with one attached hydrogen (secondary N) is 1. The summed E-state index contributed by atoms with van der Waals surface area (Å²) in [5.41, 5.74) is 1.97. The molecule has 172 valence electrons. The van der Waals surface area contributed by atoms with Crippen molar-refractivity contribution in [1.29, 1.82) is 0 Å². The highest BCUT2D eigenvalue weighted by molar-refractivity contribution is 7.89. The molecule has 2 saturated carbocycles. The largest absolute Gasteiger partial charge is 0.299 e. The van der Waals surface area contributed by atoms with Crippen LogP contribution in [-0.4, -0.2) is 25.2 Å². The second-order valence-electron chi connectivity index (χ2n) is 9.29. The first-order chi connectivity index (χ1) is 15.9. The average Bonchev–Trinajstić information content (AvgIpc) is 3.61. The molecule has 5 rings (SSSR count). The first kappa shape index (κ1) is 22.5. The molecule has 1 N–H and O–H groups in total. The quantitative estimate of drug-likeness (QED) is 0.488. The van der Waals surface area contributed by atoms with Crippen molar-refractivity contribution >= 4 is 38.2 Å². The third kappa shape index (κ3) is 4.98. The van der Waals surface area contributed by atoms with Gasteiger partial charge in [-0.3, -0.25) is 9.78 Å². The predicted octanol–water partition coefficient (Wildman–Crippen LogP) is 5.41. The number of benzene rings is 2. The van der Waals surface area contributed by atoms with Crippen LogP contribution < -0.4 is 4.72 Å². The maximum atomic E-state index is 12.9. The van der Waals surface area contributed by atoms with E-state index in [1.54, 1.807) is 24.5 Å². The third-order valence-corrected chi connectivity index (χ3v) is 8.74. The number of pyridine rings is 1. The molecule has 2 aliphatic rings. The van der Waals surface area contributed by atoms with Crippen molar-refractivity contribution in [3.05, 3.63) is 71.0 Å². The highest BCUT2D eigenvalue weighted by atomic mass is 35.5. The molecule has 2 atom stereocenters. The molecule has 0 aliphatic heterocycles. The Bertz CT molecular complexity index is 1280. The van der Waals surface area contributed by atoms with E-state index in [0.717, 1.165) is 54.0 Å². The fraction of sp³-hybridized carbons (Fsp3) is 0.385. The standard InChI is InChI=1S/C26H27ClN2O3S/c27-25-16-28-15-19-7-6-17(12-23(19)25)13-26(30)24-14-22(24)18-8-10-21(11-9-18)33(31,32)29-20-4-2-1-3-5-20/h6-12,15-16,20,22,24,29H,1-5,13-14H2/t22-,24+/m0/s1. The zero-order chi connectivity index (χ0) is 23.0. The van der Waals surface area contributed by atoms with E-state index in [-0.39, 0.29) is 23.7 Å². The number of hydrogen-bond acceptors (Lipinski definition) is 4. The van der Waals surface area contributed by atoms with Gasteiger partial charge in [-0.25, -0.2) is 13.1 Å². The van der Waals surface area contributed by atoms with Crippen molar-refractivity contribution in [1.82, 2.24) is 9.71 Å². The van der Waals surface area contributed by atoms with Gasteiger partial charge in [0.15, 0.2) is 0 Å². The Labute approximate surface area is 199 Å². The van der Waals surface area contributed by atoms with Gasteiger partial charge >= 0.3 is 0 Å². The van der Waals surface area contributed by atoms with Crippen molar-refractivity contribution < 1.29 is 13.2 Å². The van der Waals surface area contributed by atoms with Crippen LogP contribution in [0.3, 0.4) is 0 Å². The predicted molar refractivity (Wildman–Crippen MR) is 130 cm³/mol. The molecule has 0 unspecified atom stereocenters. The van der Waals surface area contributed by atoms with Gasteiger partial charge in [0, 0.05) is 41.5 Å². The fourth-order valence-corrected chi connectivity index (χ4v) is 6.46.